The Kier molecular flexibility index (Phi) is 6.31. The SMILES string of the molecule is CCN(C)/C=N\c1cc(OC)c(C(O)(C(F)(F)F)C(C)(C)C#N)cc1C. The van der Waals surface area contributed by atoms with Gasteiger partial charge in [0.05, 0.1) is 30.6 Å². The summed E-state index contributed by atoms with van der Waals surface area (Å²) in [4.78, 5) is 6.04. The Labute approximate surface area is 151 Å². The average Bonchev–Trinajstić information content (AvgIpc) is 2.58. The summed E-state index contributed by atoms with van der Waals surface area (Å²) >= 11 is 0. The Morgan fingerprint density at radius 3 is 2.35 bits per heavy atom. The lowest BCUT2D eigenvalue weighted by Gasteiger charge is -2.40. The number of halogens is 3. The molecule has 0 saturated carbocycles. The molecule has 0 aliphatic carbocycles. The predicted molar refractivity (Wildman–Crippen MR) is 93.5 cm³/mol. The van der Waals surface area contributed by atoms with E-state index in [0.717, 1.165) is 13.8 Å². The van der Waals surface area contributed by atoms with Crippen molar-refractivity contribution in [2.45, 2.75) is 39.5 Å². The third-order valence-corrected chi connectivity index (χ3v) is 4.39. The summed E-state index contributed by atoms with van der Waals surface area (Å²) in [6, 6.07) is 4.06. The number of aliphatic imine (C=N–C) groups is 1. The summed E-state index contributed by atoms with van der Waals surface area (Å²) in [7, 11) is 3.01. The lowest BCUT2D eigenvalue weighted by Crippen LogP contribution is -2.53. The van der Waals surface area contributed by atoms with Crippen LogP contribution in [0.1, 0.15) is 31.9 Å². The largest absolute Gasteiger partial charge is 0.496 e. The van der Waals surface area contributed by atoms with Crippen LogP contribution >= 0.6 is 0 Å². The van der Waals surface area contributed by atoms with Crippen LogP contribution < -0.4 is 4.74 Å². The van der Waals surface area contributed by atoms with Crippen molar-refractivity contribution >= 4 is 12.0 Å². The van der Waals surface area contributed by atoms with Gasteiger partial charge in [0.25, 0.3) is 0 Å². The zero-order chi connectivity index (χ0) is 20.3. The van der Waals surface area contributed by atoms with Crippen molar-refractivity contribution in [3.05, 3.63) is 23.3 Å². The molecule has 26 heavy (non-hydrogen) atoms. The van der Waals surface area contributed by atoms with E-state index < -0.39 is 22.8 Å². The highest BCUT2D eigenvalue weighted by Gasteiger charge is 2.65. The molecule has 0 fully saturated rings. The second kappa shape index (κ2) is 7.54. The van der Waals surface area contributed by atoms with Crippen LogP contribution in [0.4, 0.5) is 18.9 Å². The summed E-state index contributed by atoms with van der Waals surface area (Å²) in [5.41, 5.74) is -5.24. The topological polar surface area (TPSA) is 68.8 Å². The molecule has 1 unspecified atom stereocenters. The summed E-state index contributed by atoms with van der Waals surface area (Å²) in [6.45, 7) is 6.30. The lowest BCUT2D eigenvalue weighted by atomic mass is 9.70. The van der Waals surface area contributed by atoms with Gasteiger partial charge < -0.3 is 14.7 Å². The van der Waals surface area contributed by atoms with Gasteiger partial charge in [-0.1, -0.05) is 0 Å². The van der Waals surface area contributed by atoms with Gasteiger partial charge in [0, 0.05) is 25.2 Å². The highest BCUT2D eigenvalue weighted by Crippen LogP contribution is 2.53. The summed E-state index contributed by atoms with van der Waals surface area (Å²) in [5.74, 6) is -0.190. The first kappa shape index (κ1) is 21.8. The van der Waals surface area contributed by atoms with E-state index >= 15 is 0 Å². The van der Waals surface area contributed by atoms with E-state index in [-0.39, 0.29) is 5.75 Å². The second-order valence-electron chi connectivity index (χ2n) is 6.60. The Hall–Kier alpha value is -2.27. The van der Waals surface area contributed by atoms with Gasteiger partial charge >= 0.3 is 6.18 Å². The van der Waals surface area contributed by atoms with Gasteiger partial charge in [-0.05, 0) is 39.3 Å². The number of hydrogen-bond acceptors (Lipinski definition) is 4. The Morgan fingerprint density at radius 2 is 1.92 bits per heavy atom. The van der Waals surface area contributed by atoms with Crippen molar-refractivity contribution in [2.75, 3.05) is 20.7 Å². The molecule has 0 spiro atoms. The van der Waals surface area contributed by atoms with E-state index in [1.54, 1.807) is 24.2 Å². The van der Waals surface area contributed by atoms with Crippen LogP contribution in [0.15, 0.2) is 17.1 Å². The van der Waals surface area contributed by atoms with Gasteiger partial charge in [-0.2, -0.15) is 18.4 Å². The standard InChI is InChI=1S/C18H24F3N3O2/c1-7-24(5)11-23-14-9-15(26-6)13(8-12(14)2)17(25,18(19,20)21)16(3,4)10-22/h8-9,11,25H,7H2,1-6H3/b23-11-. The molecule has 0 bridgehead atoms. The van der Waals surface area contributed by atoms with E-state index in [0.29, 0.717) is 17.8 Å². The van der Waals surface area contributed by atoms with Crippen molar-refractivity contribution in [1.82, 2.24) is 4.90 Å². The molecular formula is C18H24F3N3O2. The van der Waals surface area contributed by atoms with Crippen molar-refractivity contribution in [3.8, 4) is 11.8 Å². The van der Waals surface area contributed by atoms with Gasteiger partial charge in [0.15, 0.2) is 0 Å². The molecule has 1 atom stereocenters. The Morgan fingerprint density at radius 1 is 1.35 bits per heavy atom. The minimum absolute atomic E-state index is 0.190. The highest BCUT2D eigenvalue weighted by atomic mass is 19.4. The molecular weight excluding hydrogens is 347 g/mol. The van der Waals surface area contributed by atoms with E-state index in [9.17, 15) is 23.5 Å². The smallest absolute Gasteiger partial charge is 0.423 e. The first-order chi connectivity index (χ1) is 11.9. The Balaban J connectivity index is 3.69. The first-order valence-electron chi connectivity index (χ1n) is 7.99. The second-order valence-corrected chi connectivity index (χ2v) is 6.60. The van der Waals surface area contributed by atoms with Crippen LogP contribution in [-0.2, 0) is 5.60 Å². The number of aliphatic hydroxyl groups is 1. The van der Waals surface area contributed by atoms with Crippen LogP contribution in [0, 0.1) is 23.7 Å². The molecule has 1 rings (SSSR count). The van der Waals surface area contributed by atoms with Crippen LogP contribution in [0.3, 0.4) is 0 Å². The molecule has 144 valence electrons. The molecule has 0 saturated heterocycles. The number of methoxy groups -OCH3 is 1. The molecule has 1 N–H and O–H groups in total. The average molecular weight is 371 g/mol. The monoisotopic (exact) mass is 371 g/mol. The maximum atomic E-state index is 13.8. The van der Waals surface area contributed by atoms with Crippen molar-refractivity contribution in [1.29, 1.82) is 5.26 Å². The number of ether oxygens (including phenoxy) is 1. The molecule has 0 radical (unpaired) electrons. The van der Waals surface area contributed by atoms with Gasteiger partial charge in [0.2, 0.25) is 5.60 Å². The Bertz CT molecular complexity index is 724. The van der Waals surface area contributed by atoms with E-state index in [4.69, 9.17) is 4.74 Å². The quantitative estimate of drug-likeness (QED) is 0.608. The lowest BCUT2D eigenvalue weighted by molar-refractivity contribution is -0.296. The maximum Gasteiger partial charge on any atom is 0.423 e. The number of aryl methyl sites for hydroxylation is 1. The van der Waals surface area contributed by atoms with E-state index in [1.165, 1.54) is 19.2 Å². The van der Waals surface area contributed by atoms with Crippen molar-refractivity contribution < 1.29 is 23.0 Å². The molecule has 0 aliphatic rings. The normalized spacial score (nSPS) is 14.8. The van der Waals surface area contributed by atoms with Crippen LogP contribution in [-0.4, -0.2) is 43.2 Å². The minimum Gasteiger partial charge on any atom is -0.496 e. The summed E-state index contributed by atoms with van der Waals surface area (Å²) in [5, 5.41) is 19.9. The molecule has 0 heterocycles. The van der Waals surface area contributed by atoms with Gasteiger partial charge in [-0.3, -0.25) is 0 Å². The van der Waals surface area contributed by atoms with Crippen molar-refractivity contribution in [2.24, 2.45) is 10.4 Å². The maximum absolute atomic E-state index is 13.8. The van der Waals surface area contributed by atoms with Crippen molar-refractivity contribution in [3.63, 3.8) is 0 Å². The number of alkyl halides is 3. The molecule has 8 heteroatoms. The minimum atomic E-state index is -5.08. The molecule has 5 nitrogen and oxygen atoms in total. The summed E-state index contributed by atoms with van der Waals surface area (Å²) < 4.78 is 46.6. The van der Waals surface area contributed by atoms with E-state index in [1.807, 2.05) is 14.0 Å². The predicted octanol–water partition coefficient (Wildman–Crippen LogP) is 3.91. The fourth-order valence-electron chi connectivity index (χ4n) is 2.44. The highest BCUT2D eigenvalue weighted by molar-refractivity contribution is 5.65. The van der Waals surface area contributed by atoms with Gasteiger partial charge in [-0.15, -0.1) is 0 Å². The number of hydrogen-bond donors (Lipinski definition) is 1. The third-order valence-electron chi connectivity index (χ3n) is 4.39. The molecule has 1 aromatic rings. The fraction of sp³-hybridized carbons (Fsp3) is 0.556. The number of nitriles is 1. The fourth-order valence-corrected chi connectivity index (χ4v) is 2.44. The van der Waals surface area contributed by atoms with Crippen LogP contribution in [0.25, 0.3) is 0 Å². The van der Waals surface area contributed by atoms with Gasteiger partial charge in [0.1, 0.15) is 5.75 Å². The number of rotatable bonds is 6. The van der Waals surface area contributed by atoms with Crippen LogP contribution in [0.5, 0.6) is 5.75 Å². The third kappa shape index (κ3) is 3.78. The molecule has 0 amide bonds. The molecule has 0 aliphatic heterocycles. The van der Waals surface area contributed by atoms with Crippen LogP contribution in [0.2, 0.25) is 0 Å². The zero-order valence-corrected chi connectivity index (χ0v) is 15.8. The summed E-state index contributed by atoms with van der Waals surface area (Å²) in [6.07, 6.45) is -3.53. The molecule has 0 aromatic heterocycles. The molecule has 1 aromatic carbocycles. The van der Waals surface area contributed by atoms with Gasteiger partial charge in [-0.25, -0.2) is 4.99 Å². The first-order valence-corrected chi connectivity index (χ1v) is 7.99. The van der Waals surface area contributed by atoms with E-state index in [2.05, 4.69) is 4.99 Å². The number of nitrogens with zero attached hydrogens (tertiary/aromatic N) is 3. The number of benzene rings is 1. The zero-order valence-electron chi connectivity index (χ0n) is 15.8.